The van der Waals surface area contributed by atoms with Crippen molar-refractivity contribution in [3.8, 4) is 0 Å². The SMILES string of the molecule is CCCCCNC(=O)c1ccnc(Nc2ccc(C(=O)OC)cc2)n1. The lowest BCUT2D eigenvalue weighted by Gasteiger charge is -2.08. The van der Waals surface area contributed by atoms with Crippen LogP contribution in [0, 0.1) is 0 Å². The number of aromatic nitrogens is 2. The van der Waals surface area contributed by atoms with Crippen LogP contribution in [-0.2, 0) is 4.74 Å². The minimum absolute atomic E-state index is 0.220. The van der Waals surface area contributed by atoms with Gasteiger partial charge >= 0.3 is 5.97 Å². The minimum atomic E-state index is -0.399. The van der Waals surface area contributed by atoms with Gasteiger partial charge in [0.15, 0.2) is 0 Å². The number of carbonyl (C=O) groups excluding carboxylic acids is 2. The molecule has 0 spiro atoms. The number of benzene rings is 1. The summed E-state index contributed by atoms with van der Waals surface area (Å²) in [5, 5.41) is 5.85. The van der Waals surface area contributed by atoms with Crippen molar-refractivity contribution < 1.29 is 14.3 Å². The largest absolute Gasteiger partial charge is 0.465 e. The summed E-state index contributed by atoms with van der Waals surface area (Å²) in [6.45, 7) is 2.75. The van der Waals surface area contributed by atoms with Crippen LogP contribution in [0.1, 0.15) is 47.0 Å². The van der Waals surface area contributed by atoms with E-state index < -0.39 is 5.97 Å². The van der Waals surface area contributed by atoms with E-state index in [9.17, 15) is 9.59 Å². The molecule has 1 aromatic heterocycles. The molecule has 7 heteroatoms. The lowest BCUT2D eigenvalue weighted by molar-refractivity contribution is 0.0600. The van der Waals surface area contributed by atoms with Gasteiger partial charge in [0, 0.05) is 18.4 Å². The maximum Gasteiger partial charge on any atom is 0.337 e. The van der Waals surface area contributed by atoms with Crippen molar-refractivity contribution in [2.75, 3.05) is 19.0 Å². The topological polar surface area (TPSA) is 93.2 Å². The Balaban J connectivity index is 1.98. The first-order chi connectivity index (χ1) is 12.1. The van der Waals surface area contributed by atoms with Crippen LogP contribution in [0.5, 0.6) is 0 Å². The Hall–Kier alpha value is -2.96. The number of unbranched alkanes of at least 4 members (excludes halogenated alkanes) is 2. The Labute approximate surface area is 146 Å². The van der Waals surface area contributed by atoms with Gasteiger partial charge in [-0.1, -0.05) is 19.8 Å². The van der Waals surface area contributed by atoms with Crippen LogP contribution in [0.15, 0.2) is 36.5 Å². The molecule has 0 atom stereocenters. The van der Waals surface area contributed by atoms with E-state index >= 15 is 0 Å². The van der Waals surface area contributed by atoms with Gasteiger partial charge in [0.05, 0.1) is 12.7 Å². The molecule has 25 heavy (non-hydrogen) atoms. The van der Waals surface area contributed by atoms with Gasteiger partial charge in [0.2, 0.25) is 5.95 Å². The normalized spacial score (nSPS) is 10.2. The average molecular weight is 342 g/mol. The molecule has 132 valence electrons. The van der Waals surface area contributed by atoms with Crippen LogP contribution in [0.3, 0.4) is 0 Å². The van der Waals surface area contributed by atoms with E-state index in [-0.39, 0.29) is 5.91 Å². The number of ether oxygens (including phenoxy) is 1. The van der Waals surface area contributed by atoms with Crippen LogP contribution >= 0.6 is 0 Å². The smallest absolute Gasteiger partial charge is 0.337 e. The van der Waals surface area contributed by atoms with Gasteiger partial charge in [-0.2, -0.15) is 0 Å². The van der Waals surface area contributed by atoms with E-state index in [0.717, 1.165) is 19.3 Å². The van der Waals surface area contributed by atoms with E-state index in [1.807, 2.05) is 0 Å². The first-order valence-corrected chi connectivity index (χ1v) is 8.20. The highest BCUT2D eigenvalue weighted by Crippen LogP contribution is 2.14. The lowest BCUT2D eigenvalue weighted by atomic mass is 10.2. The van der Waals surface area contributed by atoms with Crippen molar-refractivity contribution in [1.82, 2.24) is 15.3 Å². The van der Waals surface area contributed by atoms with E-state index in [2.05, 4.69) is 32.3 Å². The van der Waals surface area contributed by atoms with Gasteiger partial charge in [-0.25, -0.2) is 14.8 Å². The molecule has 0 saturated carbocycles. The highest BCUT2D eigenvalue weighted by molar-refractivity contribution is 5.92. The standard InChI is InChI=1S/C18H22N4O3/c1-3-4-5-11-19-16(23)15-10-12-20-18(22-15)21-14-8-6-13(7-9-14)17(24)25-2/h6-10,12H,3-5,11H2,1-2H3,(H,19,23)(H,20,21,22). The van der Waals surface area contributed by atoms with Crippen molar-refractivity contribution >= 4 is 23.5 Å². The van der Waals surface area contributed by atoms with Crippen molar-refractivity contribution in [3.63, 3.8) is 0 Å². The zero-order valence-electron chi connectivity index (χ0n) is 14.4. The van der Waals surface area contributed by atoms with Crippen molar-refractivity contribution in [3.05, 3.63) is 47.8 Å². The molecule has 0 saturated heterocycles. The molecule has 0 unspecified atom stereocenters. The molecular formula is C18H22N4O3. The average Bonchev–Trinajstić information content (AvgIpc) is 2.65. The fourth-order valence-electron chi connectivity index (χ4n) is 2.15. The van der Waals surface area contributed by atoms with Gasteiger partial charge < -0.3 is 15.4 Å². The minimum Gasteiger partial charge on any atom is -0.465 e. The molecular weight excluding hydrogens is 320 g/mol. The summed E-state index contributed by atoms with van der Waals surface area (Å²) in [6.07, 6.45) is 4.66. The Morgan fingerprint density at radius 2 is 1.88 bits per heavy atom. The number of hydrogen-bond donors (Lipinski definition) is 2. The number of amides is 1. The summed E-state index contributed by atoms with van der Waals surface area (Å²) in [6, 6.07) is 8.28. The summed E-state index contributed by atoms with van der Waals surface area (Å²) < 4.78 is 4.66. The quantitative estimate of drug-likeness (QED) is 0.566. The van der Waals surface area contributed by atoms with Crippen LogP contribution in [-0.4, -0.2) is 35.5 Å². The van der Waals surface area contributed by atoms with Crippen LogP contribution in [0.4, 0.5) is 11.6 Å². The Morgan fingerprint density at radius 1 is 1.12 bits per heavy atom. The summed E-state index contributed by atoms with van der Waals surface area (Å²) in [5.74, 6) is -0.306. The second-order valence-electron chi connectivity index (χ2n) is 5.42. The molecule has 0 fully saturated rings. The third kappa shape index (κ3) is 5.56. The summed E-state index contributed by atoms with van der Waals surface area (Å²) in [4.78, 5) is 31.8. The molecule has 1 heterocycles. The number of hydrogen-bond acceptors (Lipinski definition) is 6. The predicted molar refractivity (Wildman–Crippen MR) is 95.0 cm³/mol. The maximum absolute atomic E-state index is 12.1. The monoisotopic (exact) mass is 342 g/mol. The molecule has 0 aliphatic carbocycles. The molecule has 2 rings (SSSR count). The summed E-state index contributed by atoms with van der Waals surface area (Å²) in [7, 11) is 1.33. The first kappa shape index (κ1) is 18.4. The number of methoxy groups -OCH3 is 1. The van der Waals surface area contributed by atoms with Crippen LogP contribution < -0.4 is 10.6 Å². The second kappa shape index (κ2) is 9.36. The third-order valence-electron chi connectivity index (χ3n) is 3.52. The number of nitrogens with one attached hydrogen (secondary N) is 2. The van der Waals surface area contributed by atoms with E-state index in [1.165, 1.54) is 13.3 Å². The van der Waals surface area contributed by atoms with Crippen molar-refractivity contribution in [1.29, 1.82) is 0 Å². The van der Waals surface area contributed by atoms with Gasteiger partial charge in [-0.3, -0.25) is 4.79 Å². The highest BCUT2D eigenvalue weighted by Gasteiger charge is 2.09. The third-order valence-corrected chi connectivity index (χ3v) is 3.52. The highest BCUT2D eigenvalue weighted by atomic mass is 16.5. The van der Waals surface area contributed by atoms with Gasteiger partial charge in [-0.05, 0) is 36.8 Å². The number of carbonyl (C=O) groups is 2. The van der Waals surface area contributed by atoms with Crippen molar-refractivity contribution in [2.45, 2.75) is 26.2 Å². The van der Waals surface area contributed by atoms with Crippen LogP contribution in [0.2, 0.25) is 0 Å². The molecule has 2 N–H and O–H groups in total. The number of nitrogens with zero attached hydrogens (tertiary/aromatic N) is 2. The maximum atomic E-state index is 12.1. The number of rotatable bonds is 8. The van der Waals surface area contributed by atoms with Crippen LogP contribution in [0.25, 0.3) is 0 Å². The zero-order valence-corrected chi connectivity index (χ0v) is 14.4. The first-order valence-electron chi connectivity index (χ1n) is 8.20. The van der Waals surface area contributed by atoms with Gasteiger partial charge in [0.1, 0.15) is 5.69 Å². The Morgan fingerprint density at radius 3 is 2.56 bits per heavy atom. The number of esters is 1. The Bertz CT molecular complexity index is 717. The van der Waals surface area contributed by atoms with E-state index in [1.54, 1.807) is 30.3 Å². The molecule has 2 aromatic rings. The summed E-state index contributed by atoms with van der Waals surface area (Å²) in [5.41, 5.74) is 1.46. The molecule has 0 radical (unpaired) electrons. The molecule has 1 amide bonds. The molecule has 0 bridgehead atoms. The molecule has 0 aliphatic heterocycles. The predicted octanol–water partition coefficient (Wildman–Crippen LogP) is 2.93. The molecule has 7 nitrogen and oxygen atoms in total. The fraction of sp³-hybridized carbons (Fsp3) is 0.333. The van der Waals surface area contributed by atoms with Crippen molar-refractivity contribution in [2.24, 2.45) is 0 Å². The zero-order chi connectivity index (χ0) is 18.1. The van der Waals surface area contributed by atoms with E-state index in [4.69, 9.17) is 0 Å². The second-order valence-corrected chi connectivity index (χ2v) is 5.42. The van der Waals surface area contributed by atoms with Gasteiger partial charge in [-0.15, -0.1) is 0 Å². The summed E-state index contributed by atoms with van der Waals surface area (Å²) >= 11 is 0. The molecule has 1 aromatic carbocycles. The van der Waals surface area contributed by atoms with E-state index in [0.29, 0.717) is 29.4 Å². The lowest BCUT2D eigenvalue weighted by Crippen LogP contribution is -2.25. The fourth-order valence-corrected chi connectivity index (χ4v) is 2.15. The number of anilines is 2. The van der Waals surface area contributed by atoms with Gasteiger partial charge in [0.25, 0.3) is 5.91 Å². The molecule has 0 aliphatic rings. The Kier molecular flexibility index (Phi) is 6.88.